The minimum absolute atomic E-state index is 0. The quantitative estimate of drug-likeness (QED) is 0.883. The van der Waals surface area contributed by atoms with Gasteiger partial charge in [-0.3, -0.25) is 4.79 Å². The van der Waals surface area contributed by atoms with Gasteiger partial charge in [0.25, 0.3) is 5.56 Å². The molecule has 1 saturated heterocycles. The maximum absolute atomic E-state index is 11.4. The Morgan fingerprint density at radius 3 is 2.56 bits per heavy atom. The molecule has 1 N–H and O–H groups in total. The van der Waals surface area contributed by atoms with Crippen LogP contribution in [-0.2, 0) is 6.54 Å². The fourth-order valence-corrected chi connectivity index (χ4v) is 1.95. The molecule has 0 unspecified atom stereocenters. The van der Waals surface area contributed by atoms with Crippen molar-refractivity contribution < 1.29 is 0 Å². The lowest BCUT2D eigenvalue weighted by Crippen LogP contribution is -2.32. The number of nitrogens with one attached hydrogen (secondary N) is 1. The number of aromatic nitrogens is 1. The summed E-state index contributed by atoms with van der Waals surface area (Å²) in [5.74, 6) is 0.663. The van der Waals surface area contributed by atoms with Crippen LogP contribution in [-0.4, -0.2) is 17.7 Å². The van der Waals surface area contributed by atoms with E-state index in [1.807, 2.05) is 16.8 Å². The van der Waals surface area contributed by atoms with E-state index in [9.17, 15) is 4.79 Å². The minimum atomic E-state index is 0. The zero-order valence-corrected chi connectivity index (χ0v) is 10.7. The third-order valence-electron chi connectivity index (χ3n) is 2.81. The zero-order valence-electron chi connectivity index (χ0n) is 9.09. The van der Waals surface area contributed by atoms with E-state index in [0.29, 0.717) is 5.92 Å². The summed E-state index contributed by atoms with van der Waals surface area (Å²) in [6, 6.07) is 5.34. The molecule has 1 aliphatic rings. The van der Waals surface area contributed by atoms with E-state index < -0.39 is 0 Å². The van der Waals surface area contributed by atoms with E-state index in [2.05, 4.69) is 5.32 Å². The van der Waals surface area contributed by atoms with Gasteiger partial charge >= 0.3 is 0 Å². The Morgan fingerprint density at radius 2 is 1.94 bits per heavy atom. The van der Waals surface area contributed by atoms with Crippen LogP contribution in [0.2, 0.25) is 0 Å². The van der Waals surface area contributed by atoms with Crippen molar-refractivity contribution >= 4 is 24.8 Å². The average Bonchev–Trinajstić information content (AvgIpc) is 2.23. The van der Waals surface area contributed by atoms with Crippen LogP contribution in [0, 0.1) is 5.92 Å². The number of nitrogens with zero attached hydrogens (tertiary/aromatic N) is 1. The lowest BCUT2D eigenvalue weighted by Gasteiger charge is -2.23. The van der Waals surface area contributed by atoms with E-state index in [4.69, 9.17) is 0 Å². The molecule has 0 aliphatic carbocycles. The molecule has 2 heterocycles. The summed E-state index contributed by atoms with van der Waals surface area (Å²) in [6.07, 6.45) is 4.24. The predicted molar refractivity (Wildman–Crippen MR) is 70.8 cm³/mol. The normalized spacial score (nSPS) is 16.0. The fourth-order valence-electron chi connectivity index (χ4n) is 1.95. The third-order valence-corrected chi connectivity index (χ3v) is 2.81. The molecule has 1 aliphatic heterocycles. The highest BCUT2D eigenvalue weighted by Gasteiger charge is 2.13. The number of rotatable bonds is 2. The smallest absolute Gasteiger partial charge is 0.250 e. The van der Waals surface area contributed by atoms with Crippen LogP contribution in [0.1, 0.15) is 12.8 Å². The second kappa shape index (κ2) is 7.71. The number of pyridine rings is 1. The van der Waals surface area contributed by atoms with E-state index in [1.165, 1.54) is 12.8 Å². The van der Waals surface area contributed by atoms with Gasteiger partial charge in [0.1, 0.15) is 0 Å². The van der Waals surface area contributed by atoms with Crippen molar-refractivity contribution in [1.29, 1.82) is 0 Å². The molecule has 0 aromatic carbocycles. The maximum atomic E-state index is 11.4. The first-order valence-corrected chi connectivity index (χ1v) is 5.22. The largest absolute Gasteiger partial charge is 0.317 e. The van der Waals surface area contributed by atoms with Gasteiger partial charge in [0.2, 0.25) is 0 Å². The van der Waals surface area contributed by atoms with Gasteiger partial charge < -0.3 is 9.88 Å². The molecule has 0 atom stereocenters. The summed E-state index contributed by atoms with van der Waals surface area (Å²) in [4.78, 5) is 11.4. The lowest BCUT2D eigenvalue weighted by molar-refractivity contribution is 0.330. The highest BCUT2D eigenvalue weighted by atomic mass is 35.5. The van der Waals surface area contributed by atoms with Gasteiger partial charge in [-0.15, -0.1) is 24.8 Å². The van der Waals surface area contributed by atoms with E-state index >= 15 is 0 Å². The van der Waals surface area contributed by atoms with E-state index in [1.54, 1.807) is 12.1 Å². The van der Waals surface area contributed by atoms with Crippen molar-refractivity contribution in [1.82, 2.24) is 9.88 Å². The van der Waals surface area contributed by atoms with Crippen molar-refractivity contribution in [3.63, 3.8) is 0 Å². The van der Waals surface area contributed by atoms with Crippen LogP contribution in [0.3, 0.4) is 0 Å². The summed E-state index contributed by atoms with van der Waals surface area (Å²) in [7, 11) is 0. The Hall–Kier alpha value is -0.510. The van der Waals surface area contributed by atoms with E-state index in [-0.39, 0.29) is 30.4 Å². The zero-order chi connectivity index (χ0) is 9.80. The molecule has 0 saturated carbocycles. The second-order valence-electron chi connectivity index (χ2n) is 3.88. The Morgan fingerprint density at radius 1 is 1.25 bits per heavy atom. The SMILES string of the molecule is Cl.Cl.O=c1ccccn1CC1CCNCC1. The van der Waals surface area contributed by atoms with Crippen LogP contribution >= 0.6 is 24.8 Å². The average molecular weight is 265 g/mol. The Kier molecular flexibility index (Phi) is 7.47. The van der Waals surface area contributed by atoms with Crippen molar-refractivity contribution in [2.45, 2.75) is 19.4 Å². The maximum Gasteiger partial charge on any atom is 0.250 e. The predicted octanol–water partition coefficient (Wildman–Crippen LogP) is 1.69. The van der Waals surface area contributed by atoms with Crippen LogP contribution in [0.25, 0.3) is 0 Å². The molecule has 5 heteroatoms. The van der Waals surface area contributed by atoms with E-state index in [0.717, 1.165) is 19.6 Å². The first-order chi connectivity index (χ1) is 6.86. The number of hydrogen-bond donors (Lipinski definition) is 1. The van der Waals surface area contributed by atoms with Crippen LogP contribution in [0.5, 0.6) is 0 Å². The van der Waals surface area contributed by atoms with Gasteiger partial charge in [0.05, 0.1) is 0 Å². The Bertz CT molecular complexity index is 348. The molecule has 3 nitrogen and oxygen atoms in total. The summed E-state index contributed by atoms with van der Waals surface area (Å²) in [6.45, 7) is 3.06. The molecule has 0 spiro atoms. The Labute approximate surface area is 108 Å². The molecule has 1 fully saturated rings. The summed E-state index contributed by atoms with van der Waals surface area (Å²) < 4.78 is 1.82. The highest BCUT2D eigenvalue weighted by Crippen LogP contribution is 2.12. The standard InChI is InChI=1S/C11H16N2O.2ClH/c14-11-3-1-2-8-13(11)9-10-4-6-12-7-5-10;;/h1-3,8,10,12H,4-7,9H2;2*1H. The molecule has 0 radical (unpaired) electrons. The van der Waals surface area contributed by atoms with Crippen LogP contribution in [0.15, 0.2) is 29.2 Å². The van der Waals surface area contributed by atoms with Crippen molar-refractivity contribution in [3.05, 3.63) is 34.7 Å². The van der Waals surface area contributed by atoms with Crippen molar-refractivity contribution in [2.75, 3.05) is 13.1 Å². The monoisotopic (exact) mass is 264 g/mol. The summed E-state index contributed by atoms with van der Waals surface area (Å²) in [5.41, 5.74) is 0.117. The molecule has 0 amide bonds. The first kappa shape index (κ1) is 15.5. The molecule has 2 rings (SSSR count). The third kappa shape index (κ3) is 4.16. The molecule has 92 valence electrons. The summed E-state index contributed by atoms with van der Waals surface area (Å²) >= 11 is 0. The van der Waals surface area contributed by atoms with Gasteiger partial charge in [0.15, 0.2) is 0 Å². The van der Waals surface area contributed by atoms with Crippen molar-refractivity contribution in [3.8, 4) is 0 Å². The molecular formula is C11H18Cl2N2O. The summed E-state index contributed by atoms with van der Waals surface area (Å²) in [5, 5.41) is 3.33. The second-order valence-corrected chi connectivity index (χ2v) is 3.88. The molecule has 1 aromatic rings. The van der Waals surface area contributed by atoms with Gasteiger partial charge in [-0.2, -0.15) is 0 Å². The Balaban J connectivity index is 0.00000112. The molecule has 0 bridgehead atoms. The van der Waals surface area contributed by atoms with Gasteiger partial charge in [-0.1, -0.05) is 6.07 Å². The lowest BCUT2D eigenvalue weighted by atomic mass is 9.98. The first-order valence-electron chi connectivity index (χ1n) is 5.22. The van der Waals surface area contributed by atoms with Gasteiger partial charge in [0, 0.05) is 18.8 Å². The molecule has 1 aromatic heterocycles. The molecule has 16 heavy (non-hydrogen) atoms. The van der Waals surface area contributed by atoms with Crippen LogP contribution < -0.4 is 10.9 Å². The minimum Gasteiger partial charge on any atom is -0.317 e. The van der Waals surface area contributed by atoms with Crippen molar-refractivity contribution in [2.24, 2.45) is 5.92 Å². The van der Waals surface area contributed by atoms with Gasteiger partial charge in [-0.25, -0.2) is 0 Å². The number of hydrogen-bond acceptors (Lipinski definition) is 2. The number of halogens is 2. The topological polar surface area (TPSA) is 34.0 Å². The number of piperidine rings is 1. The fraction of sp³-hybridized carbons (Fsp3) is 0.545. The van der Waals surface area contributed by atoms with Crippen LogP contribution in [0.4, 0.5) is 0 Å². The molecular weight excluding hydrogens is 247 g/mol. The highest BCUT2D eigenvalue weighted by molar-refractivity contribution is 5.85. The van der Waals surface area contributed by atoms with Gasteiger partial charge in [-0.05, 0) is 37.9 Å².